The molecule has 1 saturated carbocycles. The molecule has 1 heterocycles. The predicted octanol–water partition coefficient (Wildman–Crippen LogP) is 11.0. The fraction of sp³-hybridized carbons (Fsp3) is 0.368. The highest BCUT2D eigenvalue weighted by Crippen LogP contribution is 2.62. The molecule has 0 saturated heterocycles. The minimum atomic E-state index is -4.28. The van der Waals surface area contributed by atoms with Gasteiger partial charge in [-0.2, -0.15) is 4.31 Å². The van der Waals surface area contributed by atoms with Crippen LogP contribution in [0.2, 0.25) is 0 Å². The summed E-state index contributed by atoms with van der Waals surface area (Å²) < 4.78 is 53.4. The zero-order valence-corrected chi connectivity index (χ0v) is 40.9. The standard InChI is InChI=1S/C57H65N3O9S/c1-4-32-60(70(64,65)48-29-24-45(25-30-48)58-40(3)63)54-38-52(59-67-39-41-16-8-6-9-17-41)50-36-44(20-12-14-33-61)49(21-13-15-34-62)55-51-37-47(28-31-53(51)69-57(54,56(50)55)66-35-5-2)68-46-26-22-43(23-27-46)42-18-10-7-11-19-42/h5-11,16-19,22-31,36-37,44,49,54-56,61-62H,2,4,12-15,20-21,32-35,38-39H2,1,3H3,(H,58,63)/t44-,49+,54-,55+,56+,57+/m0/s1. The lowest BCUT2D eigenvalue weighted by molar-refractivity contribution is -0.251. The molecular formula is C57H65N3O9S. The second-order valence-corrected chi connectivity index (χ2v) is 20.2. The summed E-state index contributed by atoms with van der Waals surface area (Å²) in [5, 5.41) is 27.8. The van der Waals surface area contributed by atoms with Crippen molar-refractivity contribution in [2.75, 3.05) is 31.7 Å². The Morgan fingerprint density at radius 3 is 2.21 bits per heavy atom. The van der Waals surface area contributed by atoms with E-state index in [9.17, 15) is 15.0 Å². The number of ether oxygens (including phenoxy) is 3. The number of nitrogens with one attached hydrogen (secondary N) is 1. The van der Waals surface area contributed by atoms with Crippen molar-refractivity contribution < 1.29 is 42.5 Å². The van der Waals surface area contributed by atoms with Gasteiger partial charge in [-0.1, -0.05) is 110 Å². The monoisotopic (exact) mass is 967 g/mol. The molecule has 368 valence electrons. The van der Waals surface area contributed by atoms with Crippen molar-refractivity contribution >= 4 is 27.3 Å². The van der Waals surface area contributed by atoms with E-state index in [1.807, 2.05) is 91.9 Å². The first-order valence-corrected chi connectivity index (χ1v) is 26.0. The zero-order valence-electron chi connectivity index (χ0n) is 40.1. The van der Waals surface area contributed by atoms with Crippen LogP contribution in [-0.2, 0) is 31.0 Å². The maximum absolute atomic E-state index is 15.4. The number of oxime groups is 1. The average molecular weight is 968 g/mol. The molecule has 2 aliphatic carbocycles. The van der Waals surface area contributed by atoms with Gasteiger partial charge in [0.25, 0.3) is 0 Å². The predicted molar refractivity (Wildman–Crippen MR) is 273 cm³/mol. The molecule has 0 spiro atoms. The minimum Gasteiger partial charge on any atom is -0.460 e. The van der Waals surface area contributed by atoms with Crippen molar-refractivity contribution in [1.29, 1.82) is 0 Å². The van der Waals surface area contributed by atoms with Crippen molar-refractivity contribution in [3.8, 4) is 28.4 Å². The summed E-state index contributed by atoms with van der Waals surface area (Å²) in [6.07, 6.45) is 8.84. The molecule has 1 aliphatic heterocycles. The normalized spacial score (nSPS) is 22.0. The fourth-order valence-electron chi connectivity index (χ4n) is 10.6. The first kappa shape index (κ1) is 50.3. The van der Waals surface area contributed by atoms with Gasteiger partial charge in [-0.3, -0.25) is 4.79 Å². The number of carbonyl (C=O) groups is 1. The van der Waals surface area contributed by atoms with Crippen LogP contribution in [-0.4, -0.2) is 72.7 Å². The van der Waals surface area contributed by atoms with E-state index >= 15 is 8.42 Å². The van der Waals surface area contributed by atoms with Crippen molar-refractivity contribution in [2.45, 2.75) is 94.5 Å². The quantitative estimate of drug-likeness (QED) is 0.0329. The van der Waals surface area contributed by atoms with Crippen LogP contribution in [0.3, 0.4) is 0 Å². The van der Waals surface area contributed by atoms with E-state index in [-0.39, 0.29) is 67.9 Å². The molecule has 0 unspecified atom stereocenters. The topological polar surface area (TPSA) is 156 Å². The Morgan fingerprint density at radius 2 is 1.54 bits per heavy atom. The van der Waals surface area contributed by atoms with Crippen LogP contribution < -0.4 is 14.8 Å². The van der Waals surface area contributed by atoms with E-state index in [1.54, 1.807) is 18.2 Å². The van der Waals surface area contributed by atoms with E-state index in [0.29, 0.717) is 47.9 Å². The van der Waals surface area contributed by atoms with Crippen LogP contribution in [0.15, 0.2) is 162 Å². The molecule has 12 nitrogen and oxygen atoms in total. The number of amides is 1. The Balaban J connectivity index is 1.31. The molecule has 8 rings (SSSR count). The van der Waals surface area contributed by atoms with Gasteiger partial charge in [-0.25, -0.2) is 8.42 Å². The maximum atomic E-state index is 15.4. The summed E-state index contributed by atoms with van der Waals surface area (Å²) >= 11 is 0. The van der Waals surface area contributed by atoms with Crippen molar-refractivity contribution in [2.24, 2.45) is 22.9 Å². The second kappa shape index (κ2) is 23.2. The van der Waals surface area contributed by atoms with Crippen molar-refractivity contribution in [3.05, 3.63) is 163 Å². The number of hydrogen-bond acceptors (Lipinski definition) is 10. The fourth-order valence-corrected chi connectivity index (χ4v) is 12.4. The number of aliphatic hydroxyl groups excluding tert-OH is 2. The Bertz CT molecular complexity index is 2710. The van der Waals surface area contributed by atoms with Gasteiger partial charge < -0.3 is 34.6 Å². The Kier molecular flexibility index (Phi) is 16.7. The summed E-state index contributed by atoms with van der Waals surface area (Å²) in [7, 11) is -4.28. The third kappa shape index (κ3) is 11.1. The average Bonchev–Trinajstić information content (AvgIpc) is 3.37. The molecule has 6 atom stereocenters. The lowest BCUT2D eigenvalue weighted by Gasteiger charge is -2.59. The maximum Gasteiger partial charge on any atom is 0.243 e. The molecule has 5 aromatic carbocycles. The van der Waals surface area contributed by atoms with Gasteiger partial charge in [-0.15, -0.1) is 6.58 Å². The highest BCUT2D eigenvalue weighted by Gasteiger charge is 2.66. The van der Waals surface area contributed by atoms with Gasteiger partial charge >= 0.3 is 0 Å². The third-order valence-corrected chi connectivity index (χ3v) is 15.6. The van der Waals surface area contributed by atoms with Crippen LogP contribution in [0, 0.1) is 17.8 Å². The molecular weight excluding hydrogens is 903 g/mol. The number of fused-ring (bicyclic) bond motifs is 2. The van der Waals surface area contributed by atoms with Crippen LogP contribution in [0.5, 0.6) is 17.2 Å². The number of allylic oxidation sites excluding steroid dienone is 1. The van der Waals surface area contributed by atoms with Gasteiger partial charge in [0, 0.05) is 50.3 Å². The molecule has 3 N–H and O–H groups in total. The van der Waals surface area contributed by atoms with Gasteiger partial charge in [0.05, 0.1) is 29.2 Å². The van der Waals surface area contributed by atoms with Crippen molar-refractivity contribution in [1.82, 2.24) is 4.31 Å². The van der Waals surface area contributed by atoms with Crippen molar-refractivity contribution in [3.63, 3.8) is 0 Å². The lowest BCUT2D eigenvalue weighted by atomic mass is 9.55. The van der Waals surface area contributed by atoms with E-state index < -0.39 is 27.8 Å². The zero-order chi connectivity index (χ0) is 49.1. The number of hydrogen-bond donors (Lipinski definition) is 3. The van der Waals surface area contributed by atoms with Gasteiger partial charge in [0.1, 0.15) is 23.9 Å². The number of anilines is 1. The summed E-state index contributed by atoms with van der Waals surface area (Å²) in [5.74, 6) is -0.988. The Morgan fingerprint density at radius 1 is 0.871 bits per heavy atom. The molecule has 5 aromatic rings. The van der Waals surface area contributed by atoms with E-state index in [1.165, 1.54) is 23.4 Å². The molecule has 70 heavy (non-hydrogen) atoms. The number of sulfonamides is 1. The summed E-state index contributed by atoms with van der Waals surface area (Å²) in [6.45, 7) is 7.90. The molecule has 0 aromatic heterocycles. The van der Waals surface area contributed by atoms with Crippen LogP contribution in [0.1, 0.15) is 82.3 Å². The number of carbonyl (C=O) groups excluding carboxylic acids is 1. The third-order valence-electron chi connectivity index (χ3n) is 13.7. The minimum absolute atomic E-state index is 0.00753. The number of aliphatic hydroxyl groups is 2. The van der Waals surface area contributed by atoms with Gasteiger partial charge in [0.2, 0.25) is 21.7 Å². The SMILES string of the molecule is C=CCO[C@@]12Oc3ccc(Oc4ccc(-c5ccccc5)cc4)cc3[C@H]3[C@H](CCCCO)[C@@H](CCCCO)C=C(C(=NOCc4ccccc4)C[C@@H]1N(CCC)S(=O)(=O)c1ccc(NC(C)=O)cc1)[C@H]32. The molecule has 3 aliphatic rings. The molecule has 0 bridgehead atoms. The first-order chi connectivity index (χ1) is 34.1. The van der Waals surface area contributed by atoms with Crippen LogP contribution in [0.4, 0.5) is 5.69 Å². The highest BCUT2D eigenvalue weighted by atomic mass is 32.2. The molecule has 0 radical (unpaired) electrons. The second-order valence-electron chi connectivity index (χ2n) is 18.3. The Labute approximate surface area is 412 Å². The Hall–Kier alpha value is -6.09. The van der Waals surface area contributed by atoms with E-state index in [0.717, 1.165) is 53.5 Å². The van der Waals surface area contributed by atoms with Crippen LogP contribution in [0.25, 0.3) is 11.1 Å². The lowest BCUT2D eigenvalue weighted by Crippen LogP contribution is -2.70. The number of rotatable bonds is 23. The number of benzene rings is 5. The highest BCUT2D eigenvalue weighted by molar-refractivity contribution is 7.89. The van der Waals surface area contributed by atoms with E-state index in [4.69, 9.17) is 24.2 Å². The number of unbranched alkanes of at least 4 members (excludes halogenated alkanes) is 2. The summed E-state index contributed by atoms with van der Waals surface area (Å²) in [5.41, 5.74) is 5.95. The molecule has 13 heteroatoms. The van der Waals surface area contributed by atoms with Gasteiger partial charge in [0.15, 0.2) is 0 Å². The molecule has 1 amide bonds. The molecule has 1 fully saturated rings. The summed E-state index contributed by atoms with van der Waals surface area (Å²) in [4.78, 5) is 18.2. The van der Waals surface area contributed by atoms with Gasteiger partial charge in [-0.05, 0) is 121 Å². The summed E-state index contributed by atoms with van der Waals surface area (Å²) in [6, 6.07) is 39.0. The number of nitrogens with zero attached hydrogens (tertiary/aromatic N) is 2. The smallest absolute Gasteiger partial charge is 0.243 e. The van der Waals surface area contributed by atoms with Crippen LogP contribution >= 0.6 is 0 Å². The first-order valence-electron chi connectivity index (χ1n) is 24.6. The van der Waals surface area contributed by atoms with E-state index in [2.05, 4.69) is 36.2 Å². The largest absolute Gasteiger partial charge is 0.460 e.